The van der Waals surface area contributed by atoms with Crippen LogP contribution in [0.2, 0.25) is 0 Å². The normalized spacial score (nSPS) is 33.0. The van der Waals surface area contributed by atoms with E-state index in [2.05, 4.69) is 0 Å². The van der Waals surface area contributed by atoms with Crippen molar-refractivity contribution in [2.45, 2.75) is 31.7 Å². The molecule has 1 fully saturated rings. The summed E-state index contributed by atoms with van der Waals surface area (Å²) >= 11 is 0. The summed E-state index contributed by atoms with van der Waals surface area (Å²) in [4.78, 5) is 1.74. The average Bonchev–Trinajstić information content (AvgIpc) is 2.07. The summed E-state index contributed by atoms with van der Waals surface area (Å²) in [6.07, 6.45) is 0.575. The highest BCUT2D eigenvalue weighted by Crippen LogP contribution is 2.34. The summed E-state index contributed by atoms with van der Waals surface area (Å²) in [5.74, 6) is -2.44. The molecule has 0 N–H and O–H groups in total. The van der Waals surface area contributed by atoms with E-state index < -0.39 is 12.0 Å². The number of likely N-dealkylation sites (tertiary alicyclic amines) is 1. The third-order valence-corrected chi connectivity index (χ3v) is 2.20. The van der Waals surface area contributed by atoms with Crippen molar-refractivity contribution in [3.05, 3.63) is 0 Å². The van der Waals surface area contributed by atoms with Gasteiger partial charge in [0.2, 0.25) is 0 Å². The zero-order valence-corrected chi connectivity index (χ0v) is 6.40. The van der Waals surface area contributed by atoms with Crippen molar-refractivity contribution in [2.75, 3.05) is 13.6 Å². The van der Waals surface area contributed by atoms with Crippen LogP contribution in [0, 0.1) is 0 Å². The van der Waals surface area contributed by atoms with E-state index >= 15 is 0 Å². The van der Waals surface area contributed by atoms with Gasteiger partial charge in [0.25, 0.3) is 5.92 Å². The smallest absolute Gasteiger partial charge is 0.264 e. The first-order valence-electron chi connectivity index (χ1n) is 3.66. The van der Waals surface area contributed by atoms with Gasteiger partial charge in [0.05, 0.1) is 6.04 Å². The Balaban J connectivity index is 2.63. The van der Waals surface area contributed by atoms with Gasteiger partial charge in [0, 0.05) is 13.0 Å². The zero-order valence-electron chi connectivity index (χ0n) is 6.40. The molecule has 0 spiro atoms. The minimum Gasteiger partial charge on any atom is -0.298 e. The van der Waals surface area contributed by atoms with Gasteiger partial charge in [-0.15, -0.1) is 0 Å². The highest BCUT2D eigenvalue weighted by Gasteiger charge is 2.45. The lowest BCUT2D eigenvalue weighted by molar-refractivity contribution is -0.0299. The molecule has 1 rings (SSSR count). The van der Waals surface area contributed by atoms with Crippen molar-refractivity contribution in [3.63, 3.8) is 0 Å². The van der Waals surface area contributed by atoms with Crippen LogP contribution >= 0.6 is 0 Å². The topological polar surface area (TPSA) is 3.24 Å². The molecule has 3 heteroatoms. The van der Waals surface area contributed by atoms with Gasteiger partial charge in [-0.2, -0.15) is 0 Å². The van der Waals surface area contributed by atoms with Crippen molar-refractivity contribution in [2.24, 2.45) is 0 Å². The number of hydrogen-bond acceptors (Lipinski definition) is 1. The fourth-order valence-electron chi connectivity index (χ4n) is 1.58. The summed E-state index contributed by atoms with van der Waals surface area (Å²) in [6.45, 7) is 2.34. The molecule has 1 saturated heterocycles. The average molecular weight is 149 g/mol. The molecule has 0 aliphatic carbocycles. The van der Waals surface area contributed by atoms with Gasteiger partial charge in [0.15, 0.2) is 0 Å². The Bertz CT molecular complexity index is 125. The molecule has 0 amide bonds. The summed E-state index contributed by atoms with van der Waals surface area (Å²) in [7, 11) is 1.76. The maximum atomic E-state index is 12.8. The van der Waals surface area contributed by atoms with E-state index in [-0.39, 0.29) is 6.42 Å². The van der Waals surface area contributed by atoms with Gasteiger partial charge < -0.3 is 0 Å². The first-order valence-corrected chi connectivity index (χ1v) is 3.66. The summed E-state index contributed by atoms with van der Waals surface area (Å²) in [5, 5.41) is 0. The Hall–Kier alpha value is -0.180. The van der Waals surface area contributed by atoms with Crippen LogP contribution in [0.3, 0.4) is 0 Å². The Morgan fingerprint density at radius 2 is 2.20 bits per heavy atom. The van der Waals surface area contributed by atoms with Crippen molar-refractivity contribution < 1.29 is 8.78 Å². The molecular weight excluding hydrogens is 136 g/mol. The van der Waals surface area contributed by atoms with Crippen LogP contribution in [-0.2, 0) is 0 Å². The van der Waals surface area contributed by atoms with Crippen LogP contribution in [-0.4, -0.2) is 30.5 Å². The van der Waals surface area contributed by atoms with Gasteiger partial charge in [-0.05, 0) is 13.5 Å². The van der Waals surface area contributed by atoms with Crippen LogP contribution in [0.4, 0.5) is 8.78 Å². The monoisotopic (exact) mass is 149 g/mol. The molecule has 1 aliphatic rings. The second kappa shape index (κ2) is 2.46. The van der Waals surface area contributed by atoms with E-state index in [0.717, 1.165) is 0 Å². The number of alkyl halides is 2. The minimum absolute atomic E-state index is 0.0298. The third kappa shape index (κ3) is 1.15. The first kappa shape index (κ1) is 7.92. The number of nitrogens with zero attached hydrogens (tertiary/aromatic N) is 1. The van der Waals surface area contributed by atoms with Gasteiger partial charge >= 0.3 is 0 Å². The second-order valence-electron chi connectivity index (χ2n) is 2.92. The minimum atomic E-state index is -2.44. The number of rotatable bonds is 1. The largest absolute Gasteiger partial charge is 0.298 e. The predicted octanol–water partition coefficient (Wildman–Crippen LogP) is 1.74. The highest BCUT2D eigenvalue weighted by atomic mass is 19.3. The van der Waals surface area contributed by atoms with Crippen molar-refractivity contribution >= 4 is 0 Å². The molecule has 0 aromatic carbocycles. The van der Waals surface area contributed by atoms with Gasteiger partial charge in [-0.25, -0.2) is 8.78 Å². The third-order valence-electron chi connectivity index (χ3n) is 2.20. The molecule has 0 radical (unpaired) electrons. The van der Waals surface area contributed by atoms with Crippen molar-refractivity contribution in [1.29, 1.82) is 0 Å². The zero-order chi connectivity index (χ0) is 7.78. The summed E-state index contributed by atoms with van der Waals surface area (Å²) < 4.78 is 25.6. The lowest BCUT2D eigenvalue weighted by atomic mass is 10.1. The molecule has 10 heavy (non-hydrogen) atoms. The first-order chi connectivity index (χ1) is 4.58. The molecule has 0 unspecified atom stereocenters. The van der Waals surface area contributed by atoms with Gasteiger partial charge in [-0.1, -0.05) is 6.92 Å². The van der Waals surface area contributed by atoms with Crippen LogP contribution in [0.15, 0.2) is 0 Å². The molecule has 1 heterocycles. The fraction of sp³-hybridized carbons (Fsp3) is 1.00. The summed E-state index contributed by atoms with van der Waals surface area (Å²) in [6, 6.07) is -0.521. The van der Waals surface area contributed by atoms with E-state index in [1.165, 1.54) is 0 Å². The van der Waals surface area contributed by atoms with E-state index in [1.54, 1.807) is 18.9 Å². The van der Waals surface area contributed by atoms with Gasteiger partial charge in [0.1, 0.15) is 0 Å². The lowest BCUT2D eigenvalue weighted by Gasteiger charge is -2.22. The molecule has 0 saturated carbocycles. The maximum absolute atomic E-state index is 12.8. The van der Waals surface area contributed by atoms with E-state index in [0.29, 0.717) is 13.0 Å². The van der Waals surface area contributed by atoms with Gasteiger partial charge in [-0.3, -0.25) is 4.90 Å². The van der Waals surface area contributed by atoms with E-state index in [1.807, 2.05) is 0 Å². The van der Waals surface area contributed by atoms with Crippen LogP contribution in [0.1, 0.15) is 19.8 Å². The fourth-order valence-corrected chi connectivity index (χ4v) is 1.58. The van der Waals surface area contributed by atoms with Crippen LogP contribution < -0.4 is 0 Å². The maximum Gasteiger partial charge on any atom is 0.264 e. The van der Waals surface area contributed by atoms with Crippen LogP contribution in [0.5, 0.6) is 0 Å². The molecule has 0 aromatic rings. The highest BCUT2D eigenvalue weighted by molar-refractivity contribution is 4.90. The Morgan fingerprint density at radius 1 is 1.60 bits per heavy atom. The number of hydrogen-bond donors (Lipinski definition) is 0. The molecule has 0 aromatic heterocycles. The molecular formula is C7H13F2N. The molecule has 1 atom stereocenters. The standard InChI is InChI=1S/C7H13F2N/c1-3-6-7(8,9)4-5-10(6)2/h6H,3-5H2,1-2H3/t6-/m1/s1. The van der Waals surface area contributed by atoms with Crippen LogP contribution in [0.25, 0.3) is 0 Å². The Kier molecular flexibility index (Phi) is 1.95. The van der Waals surface area contributed by atoms with Crippen molar-refractivity contribution in [1.82, 2.24) is 4.90 Å². The predicted molar refractivity (Wildman–Crippen MR) is 36.3 cm³/mol. The lowest BCUT2D eigenvalue weighted by Crippen LogP contribution is -2.35. The quantitative estimate of drug-likeness (QED) is 0.549. The SMILES string of the molecule is CC[C@H]1N(C)CCC1(F)F. The van der Waals surface area contributed by atoms with E-state index in [4.69, 9.17) is 0 Å². The van der Waals surface area contributed by atoms with Crippen molar-refractivity contribution in [3.8, 4) is 0 Å². The molecule has 1 aliphatic heterocycles. The molecule has 0 bridgehead atoms. The second-order valence-corrected chi connectivity index (χ2v) is 2.92. The Morgan fingerprint density at radius 3 is 2.40 bits per heavy atom. The molecule has 1 nitrogen and oxygen atoms in total. The molecule has 60 valence electrons. The summed E-state index contributed by atoms with van der Waals surface area (Å²) in [5.41, 5.74) is 0. The number of halogens is 2. The van der Waals surface area contributed by atoms with E-state index in [9.17, 15) is 8.78 Å². The Labute approximate surface area is 60.0 Å².